The Morgan fingerprint density at radius 1 is 0.951 bits per heavy atom. The minimum Gasteiger partial charge on any atom is -0.382 e. The van der Waals surface area contributed by atoms with Gasteiger partial charge in [-0.1, -0.05) is 19.1 Å². The number of carbonyl (C=O) groups excluding carboxylic acids is 1. The zero-order valence-electron chi connectivity index (χ0n) is 25.1. The second-order valence-corrected chi connectivity index (χ2v) is 12.3. The van der Waals surface area contributed by atoms with Crippen LogP contribution >= 0.6 is 0 Å². The van der Waals surface area contributed by atoms with E-state index in [4.69, 9.17) is 14.7 Å². The highest BCUT2D eigenvalue weighted by atomic mass is 16.5. The van der Waals surface area contributed by atoms with Crippen molar-refractivity contribution in [2.75, 3.05) is 44.7 Å². The highest BCUT2D eigenvalue weighted by molar-refractivity contribution is 5.79. The number of aryl methyl sites for hydroxylation is 3. The van der Waals surface area contributed by atoms with Gasteiger partial charge in [-0.15, -0.1) is 0 Å². The zero-order chi connectivity index (χ0) is 28.3. The number of benzene rings is 1. The fourth-order valence-corrected chi connectivity index (χ4v) is 7.15. The first kappa shape index (κ1) is 28.2. The molecule has 3 aliphatic rings. The van der Waals surface area contributed by atoms with Gasteiger partial charge in [-0.3, -0.25) is 9.69 Å². The molecule has 2 aliphatic heterocycles. The third kappa shape index (κ3) is 6.28. The van der Waals surface area contributed by atoms with Crippen LogP contribution in [0.3, 0.4) is 0 Å². The monoisotopic (exact) mass is 558 g/mol. The number of imidazole rings is 1. The average molecular weight is 559 g/mol. The van der Waals surface area contributed by atoms with Crippen molar-refractivity contribution in [1.82, 2.24) is 24.3 Å². The topological polar surface area (TPSA) is 75.5 Å². The Kier molecular flexibility index (Phi) is 8.58. The third-order valence-corrected chi connectivity index (χ3v) is 9.50. The molecule has 8 heteroatoms. The lowest BCUT2D eigenvalue weighted by molar-refractivity contribution is -0.138. The maximum atomic E-state index is 13.3. The largest absolute Gasteiger partial charge is 0.382 e. The van der Waals surface area contributed by atoms with Crippen molar-refractivity contribution in [3.8, 4) is 0 Å². The maximum absolute atomic E-state index is 13.3. The van der Waals surface area contributed by atoms with Gasteiger partial charge in [0.25, 0.3) is 0 Å². The number of pyridine rings is 1. The molecule has 0 bridgehead atoms. The first-order valence-corrected chi connectivity index (χ1v) is 15.8. The molecule has 4 heterocycles. The second-order valence-electron chi connectivity index (χ2n) is 12.3. The summed E-state index contributed by atoms with van der Waals surface area (Å²) >= 11 is 0. The van der Waals surface area contributed by atoms with Crippen LogP contribution < -0.4 is 5.32 Å². The Morgan fingerprint density at radius 2 is 1.66 bits per heavy atom. The highest BCUT2D eigenvalue weighted by Gasteiger charge is 2.33. The van der Waals surface area contributed by atoms with Crippen LogP contribution in [0.15, 0.2) is 30.3 Å². The molecule has 8 nitrogen and oxygen atoms in total. The molecule has 1 aliphatic carbocycles. The number of aromatic nitrogens is 3. The summed E-state index contributed by atoms with van der Waals surface area (Å²) in [6.45, 7) is 12.7. The summed E-state index contributed by atoms with van der Waals surface area (Å²) < 4.78 is 7.78. The minimum atomic E-state index is 0.189. The van der Waals surface area contributed by atoms with Crippen LogP contribution in [0.2, 0.25) is 0 Å². The summed E-state index contributed by atoms with van der Waals surface area (Å²) in [6, 6.07) is 12.0. The number of anilines is 1. The lowest BCUT2D eigenvalue weighted by Crippen LogP contribution is -2.51. The fourth-order valence-electron chi connectivity index (χ4n) is 7.15. The third-order valence-electron chi connectivity index (χ3n) is 9.50. The van der Waals surface area contributed by atoms with Gasteiger partial charge in [0.05, 0.1) is 19.8 Å². The molecule has 3 fully saturated rings. The van der Waals surface area contributed by atoms with Gasteiger partial charge in [0.2, 0.25) is 5.91 Å². The number of amides is 1. The van der Waals surface area contributed by atoms with E-state index in [1.165, 1.54) is 11.1 Å². The van der Waals surface area contributed by atoms with Gasteiger partial charge in [-0.2, -0.15) is 0 Å². The van der Waals surface area contributed by atoms with Crippen LogP contribution in [0.1, 0.15) is 68.1 Å². The molecular weight excluding hydrogens is 512 g/mol. The number of rotatable bonds is 7. The van der Waals surface area contributed by atoms with Crippen molar-refractivity contribution in [3.63, 3.8) is 0 Å². The Morgan fingerprint density at radius 3 is 2.34 bits per heavy atom. The van der Waals surface area contributed by atoms with Crippen LogP contribution in [-0.2, 0) is 22.5 Å². The van der Waals surface area contributed by atoms with Crippen LogP contribution in [0, 0.1) is 19.8 Å². The van der Waals surface area contributed by atoms with Crippen molar-refractivity contribution in [2.24, 2.45) is 5.92 Å². The summed E-state index contributed by atoms with van der Waals surface area (Å²) in [4.78, 5) is 27.7. The molecule has 0 radical (unpaired) electrons. The zero-order valence-corrected chi connectivity index (χ0v) is 25.1. The van der Waals surface area contributed by atoms with Crippen molar-refractivity contribution >= 4 is 22.8 Å². The Labute approximate surface area is 244 Å². The van der Waals surface area contributed by atoms with Crippen LogP contribution in [0.5, 0.6) is 0 Å². The molecule has 41 heavy (non-hydrogen) atoms. The number of nitrogens with one attached hydrogen (secondary N) is 1. The smallest absolute Gasteiger partial charge is 0.225 e. The number of nitrogens with zero attached hydrogens (tertiary/aromatic N) is 5. The van der Waals surface area contributed by atoms with Crippen LogP contribution in [0.4, 0.5) is 5.69 Å². The molecule has 3 aromatic rings. The highest BCUT2D eigenvalue weighted by Crippen LogP contribution is 2.30. The number of morpholine rings is 1. The van der Waals surface area contributed by atoms with Crippen molar-refractivity contribution < 1.29 is 9.53 Å². The number of carbonyl (C=O) groups is 1. The number of ether oxygens (including phenoxy) is 1. The molecule has 0 unspecified atom stereocenters. The molecule has 0 atom stereocenters. The average Bonchev–Trinajstić information content (AvgIpc) is 3.36. The van der Waals surface area contributed by atoms with Crippen molar-refractivity contribution in [2.45, 2.75) is 84.3 Å². The van der Waals surface area contributed by atoms with Gasteiger partial charge < -0.3 is 19.5 Å². The van der Waals surface area contributed by atoms with Gasteiger partial charge in [-0.05, 0) is 81.7 Å². The quantitative estimate of drug-likeness (QED) is 0.442. The number of hydrogen-bond acceptors (Lipinski definition) is 6. The molecule has 220 valence electrons. The summed E-state index contributed by atoms with van der Waals surface area (Å²) in [7, 11) is 0. The van der Waals surface area contributed by atoms with E-state index in [2.05, 4.69) is 70.8 Å². The van der Waals surface area contributed by atoms with Crippen molar-refractivity contribution in [3.05, 3.63) is 53.0 Å². The molecule has 0 spiro atoms. The predicted octanol–water partition coefficient (Wildman–Crippen LogP) is 4.95. The molecule has 1 saturated carbocycles. The van der Waals surface area contributed by atoms with E-state index in [0.717, 1.165) is 119 Å². The minimum absolute atomic E-state index is 0.189. The Bertz CT molecular complexity index is 1330. The molecule has 1 aromatic carbocycles. The van der Waals surface area contributed by atoms with E-state index in [-0.39, 0.29) is 5.92 Å². The first-order chi connectivity index (χ1) is 20.0. The molecule has 1 N–H and O–H groups in total. The van der Waals surface area contributed by atoms with Gasteiger partial charge in [0.15, 0.2) is 5.65 Å². The van der Waals surface area contributed by atoms with E-state index in [1.807, 2.05) is 0 Å². The maximum Gasteiger partial charge on any atom is 0.225 e. The van der Waals surface area contributed by atoms with Crippen molar-refractivity contribution in [1.29, 1.82) is 0 Å². The summed E-state index contributed by atoms with van der Waals surface area (Å²) in [5.74, 6) is 1.66. The molecule has 1 amide bonds. The lowest BCUT2D eigenvalue weighted by atomic mass is 9.84. The number of likely N-dealkylation sites (tertiary alicyclic amines) is 1. The first-order valence-electron chi connectivity index (χ1n) is 15.8. The molecule has 2 saturated heterocycles. The molecule has 6 rings (SSSR count). The lowest BCUT2D eigenvalue weighted by Gasteiger charge is -2.41. The summed E-state index contributed by atoms with van der Waals surface area (Å²) in [5.41, 5.74) is 6.61. The number of piperidine rings is 1. The second kappa shape index (κ2) is 12.5. The number of hydrogen-bond donors (Lipinski definition) is 1. The van der Waals surface area contributed by atoms with Gasteiger partial charge in [-0.25, -0.2) is 9.97 Å². The molecular formula is C33H46N6O2. The van der Waals surface area contributed by atoms with E-state index in [1.54, 1.807) is 0 Å². The summed E-state index contributed by atoms with van der Waals surface area (Å²) in [5, 5.41) is 3.74. The van der Waals surface area contributed by atoms with Gasteiger partial charge >= 0.3 is 0 Å². The van der Waals surface area contributed by atoms with Gasteiger partial charge in [0, 0.05) is 62.0 Å². The van der Waals surface area contributed by atoms with E-state index >= 15 is 0 Å². The molecule has 2 aromatic heterocycles. The van der Waals surface area contributed by atoms with Crippen LogP contribution in [0.25, 0.3) is 11.2 Å². The normalized spacial score (nSPS) is 22.8. The predicted molar refractivity (Wildman–Crippen MR) is 163 cm³/mol. The SMILES string of the molecule is CCc1nc2c(C)cc(C)nc2n1Cc1ccc(NC2CCC(C(=O)N3CCC(N4CCOCC4)CC3)CC2)cc1. The van der Waals surface area contributed by atoms with Crippen LogP contribution in [-0.4, -0.2) is 81.7 Å². The van der Waals surface area contributed by atoms with Gasteiger partial charge in [0.1, 0.15) is 11.3 Å². The Hall–Kier alpha value is -2.97. The van der Waals surface area contributed by atoms with E-state index < -0.39 is 0 Å². The number of fused-ring (bicyclic) bond motifs is 1. The van der Waals surface area contributed by atoms with E-state index in [9.17, 15) is 4.79 Å². The summed E-state index contributed by atoms with van der Waals surface area (Å²) in [6.07, 6.45) is 7.15. The fraction of sp³-hybridized carbons (Fsp3) is 0.606. The Balaban J connectivity index is 0.991. The van der Waals surface area contributed by atoms with E-state index in [0.29, 0.717) is 18.0 Å². The standard InChI is InChI=1S/C33H46N6O2/c1-4-30-36-31-23(2)21-24(3)34-32(31)39(30)22-25-5-9-27(10-6-25)35-28-11-7-26(8-12-28)33(40)38-15-13-29(14-16-38)37-17-19-41-20-18-37/h5-6,9-10,21,26,28-29,35H,4,7-8,11-20,22H2,1-3H3.